The van der Waals surface area contributed by atoms with Crippen molar-refractivity contribution in [3.8, 4) is 11.5 Å². The van der Waals surface area contributed by atoms with Crippen molar-refractivity contribution >= 4 is 11.7 Å². The zero-order chi connectivity index (χ0) is 26.4. The van der Waals surface area contributed by atoms with Gasteiger partial charge in [0.25, 0.3) is 5.91 Å². The molecule has 1 aromatic heterocycles. The summed E-state index contributed by atoms with van der Waals surface area (Å²) in [6.07, 6.45) is -2.73. The van der Waals surface area contributed by atoms with Gasteiger partial charge in [0.1, 0.15) is 17.3 Å². The quantitative estimate of drug-likeness (QED) is 0.471. The van der Waals surface area contributed by atoms with Crippen LogP contribution in [0.2, 0.25) is 0 Å². The number of hydrogen-bond acceptors (Lipinski definition) is 6. The lowest BCUT2D eigenvalue weighted by atomic mass is 10.1. The van der Waals surface area contributed by atoms with E-state index < -0.39 is 11.7 Å². The molecule has 0 atom stereocenters. The van der Waals surface area contributed by atoms with E-state index in [0.29, 0.717) is 61.2 Å². The first-order chi connectivity index (χ1) is 17.8. The number of aromatic nitrogens is 1. The summed E-state index contributed by atoms with van der Waals surface area (Å²) in [5.74, 6) is 1.62. The number of carbonyl (C=O) groups is 1. The number of ether oxygens (including phenoxy) is 2. The Morgan fingerprint density at radius 2 is 1.78 bits per heavy atom. The lowest BCUT2D eigenvalue weighted by molar-refractivity contribution is -0.137. The molecular weight excluding hydrogens is 485 g/mol. The highest BCUT2D eigenvalue weighted by Gasteiger charge is 2.30. The highest BCUT2D eigenvalue weighted by Crippen LogP contribution is 2.30. The SMILES string of the molecule is COc1ccc(C(=O)N2CCN(Cc3cccnc3NCc3cccc(C(F)(F)F)c3)CC2)c(OC)c1. The topological polar surface area (TPSA) is 66.9 Å². The monoisotopic (exact) mass is 514 g/mol. The number of piperazine rings is 1. The Morgan fingerprint density at radius 1 is 1.00 bits per heavy atom. The summed E-state index contributed by atoms with van der Waals surface area (Å²) in [4.78, 5) is 21.5. The number of amides is 1. The number of carbonyl (C=O) groups excluding carboxylic acids is 1. The average Bonchev–Trinajstić information content (AvgIpc) is 2.92. The lowest BCUT2D eigenvalue weighted by Gasteiger charge is -2.35. The molecule has 1 amide bonds. The Balaban J connectivity index is 1.36. The number of benzene rings is 2. The number of alkyl halides is 3. The highest BCUT2D eigenvalue weighted by atomic mass is 19.4. The highest BCUT2D eigenvalue weighted by molar-refractivity contribution is 5.97. The van der Waals surface area contributed by atoms with E-state index in [9.17, 15) is 18.0 Å². The maximum atomic E-state index is 13.1. The predicted molar refractivity (Wildman–Crippen MR) is 134 cm³/mol. The van der Waals surface area contributed by atoms with Crippen LogP contribution >= 0.6 is 0 Å². The van der Waals surface area contributed by atoms with Crippen molar-refractivity contribution in [2.24, 2.45) is 0 Å². The van der Waals surface area contributed by atoms with Crippen LogP contribution < -0.4 is 14.8 Å². The van der Waals surface area contributed by atoms with Gasteiger partial charge in [-0.2, -0.15) is 13.2 Å². The van der Waals surface area contributed by atoms with Gasteiger partial charge in [0, 0.05) is 57.1 Å². The number of pyridine rings is 1. The summed E-state index contributed by atoms with van der Waals surface area (Å²) in [5, 5.41) is 3.17. The van der Waals surface area contributed by atoms with Gasteiger partial charge in [-0.3, -0.25) is 9.69 Å². The molecule has 0 aliphatic carbocycles. The summed E-state index contributed by atoms with van der Waals surface area (Å²) in [5.41, 5.74) is 1.27. The summed E-state index contributed by atoms with van der Waals surface area (Å²) in [6, 6.07) is 14.2. The molecule has 7 nitrogen and oxygen atoms in total. The normalized spacial score (nSPS) is 14.4. The largest absolute Gasteiger partial charge is 0.497 e. The molecule has 1 aliphatic rings. The minimum absolute atomic E-state index is 0.0935. The van der Waals surface area contributed by atoms with Gasteiger partial charge in [-0.1, -0.05) is 18.2 Å². The van der Waals surface area contributed by atoms with Crippen molar-refractivity contribution in [1.29, 1.82) is 0 Å². The van der Waals surface area contributed by atoms with E-state index in [4.69, 9.17) is 9.47 Å². The Labute approximate surface area is 213 Å². The molecule has 3 aromatic rings. The Hall–Kier alpha value is -3.79. The molecular formula is C27H29F3N4O3. The number of nitrogens with zero attached hydrogens (tertiary/aromatic N) is 3. The third-order valence-corrected chi connectivity index (χ3v) is 6.30. The zero-order valence-corrected chi connectivity index (χ0v) is 20.7. The molecule has 0 saturated carbocycles. The lowest BCUT2D eigenvalue weighted by Crippen LogP contribution is -2.48. The standard InChI is InChI=1S/C27H29F3N4O3/c1-36-22-8-9-23(24(16-22)37-2)26(35)34-13-11-33(12-14-34)18-20-6-4-10-31-25(20)32-17-19-5-3-7-21(15-19)27(28,29)30/h3-10,15-16H,11-14,17-18H2,1-2H3,(H,31,32). The van der Waals surface area contributed by atoms with E-state index in [1.807, 2.05) is 12.1 Å². The molecule has 2 aromatic carbocycles. The molecule has 1 aliphatic heterocycles. The van der Waals surface area contributed by atoms with Crippen LogP contribution in [-0.4, -0.2) is 61.1 Å². The minimum atomic E-state index is -4.38. The fourth-order valence-corrected chi connectivity index (χ4v) is 4.26. The molecule has 0 unspecified atom stereocenters. The average molecular weight is 515 g/mol. The Morgan fingerprint density at radius 3 is 2.49 bits per heavy atom. The molecule has 0 spiro atoms. The predicted octanol–water partition coefficient (Wildman–Crippen LogP) is 4.69. The van der Waals surface area contributed by atoms with Crippen molar-refractivity contribution in [2.75, 3.05) is 45.7 Å². The third-order valence-electron chi connectivity index (χ3n) is 6.30. The van der Waals surface area contributed by atoms with Crippen LogP contribution in [0.1, 0.15) is 27.0 Å². The number of halogens is 3. The fraction of sp³-hybridized carbons (Fsp3) is 0.333. The first-order valence-electron chi connectivity index (χ1n) is 11.9. The van der Waals surface area contributed by atoms with E-state index in [0.717, 1.165) is 17.7 Å². The molecule has 37 heavy (non-hydrogen) atoms. The first kappa shape index (κ1) is 26.3. The molecule has 0 radical (unpaired) electrons. The van der Waals surface area contributed by atoms with Crippen molar-refractivity contribution in [3.63, 3.8) is 0 Å². The van der Waals surface area contributed by atoms with Crippen LogP contribution in [0.25, 0.3) is 0 Å². The van der Waals surface area contributed by atoms with Gasteiger partial charge in [-0.15, -0.1) is 0 Å². The number of methoxy groups -OCH3 is 2. The second kappa shape index (κ2) is 11.5. The van der Waals surface area contributed by atoms with E-state index >= 15 is 0 Å². The minimum Gasteiger partial charge on any atom is -0.497 e. The van der Waals surface area contributed by atoms with E-state index in [1.54, 1.807) is 42.5 Å². The van der Waals surface area contributed by atoms with Crippen molar-refractivity contribution in [3.05, 3.63) is 83.0 Å². The van der Waals surface area contributed by atoms with Crippen LogP contribution in [-0.2, 0) is 19.3 Å². The summed E-state index contributed by atoms with van der Waals surface area (Å²) in [7, 11) is 3.08. The number of hydrogen-bond donors (Lipinski definition) is 1. The van der Waals surface area contributed by atoms with Crippen LogP contribution in [0.15, 0.2) is 60.8 Å². The van der Waals surface area contributed by atoms with Crippen LogP contribution in [0, 0.1) is 0 Å². The molecule has 4 rings (SSSR count). The van der Waals surface area contributed by atoms with Gasteiger partial charge in [0.15, 0.2) is 0 Å². The zero-order valence-electron chi connectivity index (χ0n) is 20.7. The summed E-state index contributed by atoms with van der Waals surface area (Å²) in [6.45, 7) is 3.29. The molecule has 0 bridgehead atoms. The smallest absolute Gasteiger partial charge is 0.416 e. The van der Waals surface area contributed by atoms with Gasteiger partial charge in [0.05, 0.1) is 25.3 Å². The Bertz CT molecular complexity index is 1230. The van der Waals surface area contributed by atoms with E-state index in [-0.39, 0.29) is 12.5 Å². The molecule has 1 N–H and O–H groups in total. The molecule has 10 heteroatoms. The Kier molecular flexibility index (Phi) is 8.17. The summed E-state index contributed by atoms with van der Waals surface area (Å²) < 4.78 is 49.7. The third kappa shape index (κ3) is 6.51. The molecule has 2 heterocycles. The van der Waals surface area contributed by atoms with Gasteiger partial charge in [0.2, 0.25) is 0 Å². The van der Waals surface area contributed by atoms with Crippen molar-refractivity contribution < 1.29 is 27.4 Å². The number of rotatable bonds is 8. The first-order valence-corrected chi connectivity index (χ1v) is 11.9. The maximum Gasteiger partial charge on any atom is 0.416 e. The number of anilines is 1. The second-order valence-electron chi connectivity index (χ2n) is 8.70. The van der Waals surface area contributed by atoms with Crippen LogP contribution in [0.3, 0.4) is 0 Å². The van der Waals surface area contributed by atoms with Crippen LogP contribution in [0.4, 0.5) is 19.0 Å². The molecule has 1 fully saturated rings. The second-order valence-corrected chi connectivity index (χ2v) is 8.70. The summed E-state index contributed by atoms with van der Waals surface area (Å²) >= 11 is 0. The van der Waals surface area contributed by atoms with Gasteiger partial charge < -0.3 is 19.7 Å². The maximum absolute atomic E-state index is 13.1. The van der Waals surface area contributed by atoms with Crippen LogP contribution in [0.5, 0.6) is 11.5 Å². The van der Waals surface area contributed by atoms with Gasteiger partial charge in [-0.05, 0) is 35.9 Å². The molecule has 196 valence electrons. The van der Waals surface area contributed by atoms with Crippen molar-refractivity contribution in [1.82, 2.24) is 14.8 Å². The molecule has 1 saturated heterocycles. The van der Waals surface area contributed by atoms with E-state index in [1.165, 1.54) is 13.2 Å². The van der Waals surface area contributed by atoms with Gasteiger partial charge >= 0.3 is 6.18 Å². The van der Waals surface area contributed by atoms with Crippen molar-refractivity contribution in [2.45, 2.75) is 19.3 Å². The fourth-order valence-electron chi connectivity index (χ4n) is 4.26. The van der Waals surface area contributed by atoms with E-state index in [2.05, 4.69) is 15.2 Å². The van der Waals surface area contributed by atoms with Gasteiger partial charge in [-0.25, -0.2) is 4.98 Å². The number of nitrogens with one attached hydrogen (secondary N) is 1.